The smallest absolute Gasteiger partial charge is 0.0192 e. The molecule has 1 heterocycles. The highest BCUT2D eigenvalue weighted by atomic mass is 15.0. The quantitative estimate of drug-likeness (QED) is 0.803. The standard InChI is InChI=1S/C15H22N2/c1-16-15-7-11-4-12(8-15)6-14(5-11,10-15)13-2-3-17-9-13/h2-3,9,11-12,16-17H,4-8,10H2,1H3. The number of rotatable bonds is 2. The lowest BCUT2D eigenvalue weighted by Crippen LogP contribution is -2.62. The Morgan fingerprint density at radius 1 is 1.24 bits per heavy atom. The summed E-state index contributed by atoms with van der Waals surface area (Å²) in [6.07, 6.45) is 12.9. The molecule has 2 N–H and O–H groups in total. The maximum Gasteiger partial charge on any atom is 0.0192 e. The van der Waals surface area contributed by atoms with Crippen molar-refractivity contribution in [3.8, 4) is 0 Å². The van der Waals surface area contributed by atoms with Gasteiger partial charge in [0.25, 0.3) is 0 Å². The van der Waals surface area contributed by atoms with Crippen LogP contribution in [0.25, 0.3) is 0 Å². The highest BCUT2D eigenvalue weighted by Gasteiger charge is 2.57. The van der Waals surface area contributed by atoms with Gasteiger partial charge in [-0.1, -0.05) is 0 Å². The Labute approximate surface area is 103 Å². The van der Waals surface area contributed by atoms with Gasteiger partial charge in [-0.15, -0.1) is 0 Å². The van der Waals surface area contributed by atoms with E-state index in [-0.39, 0.29) is 0 Å². The van der Waals surface area contributed by atoms with Crippen LogP contribution in [0.2, 0.25) is 0 Å². The number of hydrogen-bond acceptors (Lipinski definition) is 1. The van der Waals surface area contributed by atoms with Gasteiger partial charge in [0.05, 0.1) is 0 Å². The minimum absolute atomic E-state index is 0.460. The molecule has 17 heavy (non-hydrogen) atoms. The monoisotopic (exact) mass is 230 g/mol. The van der Waals surface area contributed by atoms with Crippen molar-refractivity contribution < 1.29 is 0 Å². The summed E-state index contributed by atoms with van der Waals surface area (Å²) in [5.74, 6) is 1.94. The SMILES string of the molecule is CNC12CC3CC(C1)CC(c1cc[nH]c1)(C3)C2. The van der Waals surface area contributed by atoms with Gasteiger partial charge in [-0.05, 0) is 74.5 Å². The van der Waals surface area contributed by atoms with Crippen LogP contribution in [0.5, 0.6) is 0 Å². The second-order valence-electron chi connectivity index (χ2n) is 6.87. The summed E-state index contributed by atoms with van der Waals surface area (Å²) < 4.78 is 0. The molecule has 1 aromatic heterocycles. The maximum absolute atomic E-state index is 3.69. The molecule has 0 amide bonds. The molecule has 1 aromatic rings. The number of nitrogens with one attached hydrogen (secondary N) is 2. The van der Waals surface area contributed by atoms with E-state index in [2.05, 4.69) is 35.8 Å². The Morgan fingerprint density at radius 3 is 2.59 bits per heavy atom. The summed E-state index contributed by atoms with van der Waals surface area (Å²) >= 11 is 0. The van der Waals surface area contributed by atoms with Gasteiger partial charge in [0.1, 0.15) is 0 Å². The van der Waals surface area contributed by atoms with Crippen molar-refractivity contribution in [3.63, 3.8) is 0 Å². The van der Waals surface area contributed by atoms with Gasteiger partial charge in [-0.2, -0.15) is 0 Å². The average molecular weight is 230 g/mol. The van der Waals surface area contributed by atoms with E-state index in [1.807, 2.05) is 0 Å². The zero-order chi connectivity index (χ0) is 11.5. The van der Waals surface area contributed by atoms with E-state index in [1.54, 1.807) is 5.56 Å². The first-order chi connectivity index (χ1) is 8.24. The van der Waals surface area contributed by atoms with Crippen LogP contribution < -0.4 is 5.32 Å². The van der Waals surface area contributed by atoms with Crippen molar-refractivity contribution >= 4 is 0 Å². The van der Waals surface area contributed by atoms with Crippen molar-refractivity contribution in [3.05, 3.63) is 24.0 Å². The molecule has 2 atom stereocenters. The Kier molecular flexibility index (Phi) is 1.90. The van der Waals surface area contributed by atoms with Gasteiger partial charge in [0, 0.05) is 17.9 Å². The molecular weight excluding hydrogens is 208 g/mol. The van der Waals surface area contributed by atoms with Crippen molar-refractivity contribution in [1.82, 2.24) is 10.3 Å². The minimum atomic E-state index is 0.460. The van der Waals surface area contributed by atoms with Gasteiger partial charge in [-0.25, -0.2) is 0 Å². The van der Waals surface area contributed by atoms with Crippen molar-refractivity contribution in [2.24, 2.45) is 11.8 Å². The van der Waals surface area contributed by atoms with Crippen LogP contribution in [0.1, 0.15) is 44.1 Å². The van der Waals surface area contributed by atoms with Gasteiger partial charge in [0.2, 0.25) is 0 Å². The second-order valence-corrected chi connectivity index (χ2v) is 6.87. The largest absolute Gasteiger partial charge is 0.367 e. The molecule has 2 nitrogen and oxygen atoms in total. The van der Waals surface area contributed by atoms with E-state index in [1.165, 1.54) is 38.5 Å². The molecule has 4 bridgehead atoms. The Bertz CT molecular complexity index is 406. The molecule has 0 radical (unpaired) electrons. The summed E-state index contributed by atoms with van der Waals surface area (Å²) in [5.41, 5.74) is 2.53. The molecule has 4 saturated carbocycles. The molecule has 0 aliphatic heterocycles. The fourth-order valence-corrected chi connectivity index (χ4v) is 5.55. The Balaban J connectivity index is 1.78. The number of H-pyrrole nitrogens is 1. The molecule has 4 fully saturated rings. The number of aromatic amines is 1. The lowest BCUT2D eigenvalue weighted by atomic mass is 9.45. The molecule has 0 saturated heterocycles. The molecule has 2 unspecified atom stereocenters. The molecule has 5 rings (SSSR count). The van der Waals surface area contributed by atoms with Gasteiger partial charge in [0.15, 0.2) is 0 Å². The zero-order valence-corrected chi connectivity index (χ0v) is 10.6. The van der Waals surface area contributed by atoms with Crippen LogP contribution in [-0.2, 0) is 5.41 Å². The first kappa shape index (κ1) is 10.2. The van der Waals surface area contributed by atoms with Crippen LogP contribution >= 0.6 is 0 Å². The third kappa shape index (κ3) is 1.31. The fourth-order valence-electron chi connectivity index (χ4n) is 5.55. The summed E-state index contributed by atoms with van der Waals surface area (Å²) in [6, 6.07) is 2.32. The maximum atomic E-state index is 3.69. The summed E-state index contributed by atoms with van der Waals surface area (Å²) in [7, 11) is 2.18. The number of hydrogen-bond donors (Lipinski definition) is 2. The van der Waals surface area contributed by atoms with Crippen LogP contribution in [0.4, 0.5) is 0 Å². The van der Waals surface area contributed by atoms with E-state index in [9.17, 15) is 0 Å². The van der Waals surface area contributed by atoms with Crippen LogP contribution in [-0.4, -0.2) is 17.6 Å². The normalized spacial score (nSPS) is 47.6. The lowest BCUT2D eigenvalue weighted by Gasteiger charge is -2.62. The van der Waals surface area contributed by atoms with E-state index in [4.69, 9.17) is 0 Å². The van der Waals surface area contributed by atoms with Crippen LogP contribution in [0.3, 0.4) is 0 Å². The number of aromatic nitrogens is 1. The average Bonchev–Trinajstić information content (AvgIpc) is 2.81. The van der Waals surface area contributed by atoms with E-state index in [0.29, 0.717) is 11.0 Å². The fraction of sp³-hybridized carbons (Fsp3) is 0.733. The van der Waals surface area contributed by atoms with Gasteiger partial charge >= 0.3 is 0 Å². The lowest BCUT2D eigenvalue weighted by molar-refractivity contribution is -0.0373. The summed E-state index contributed by atoms with van der Waals surface area (Å²) in [6.45, 7) is 0. The summed E-state index contributed by atoms with van der Waals surface area (Å²) in [5, 5.41) is 3.69. The third-order valence-corrected chi connectivity index (χ3v) is 5.80. The second kappa shape index (κ2) is 3.17. The van der Waals surface area contributed by atoms with Crippen LogP contribution in [0.15, 0.2) is 18.5 Å². The predicted molar refractivity (Wildman–Crippen MR) is 68.9 cm³/mol. The highest BCUT2D eigenvalue weighted by Crippen LogP contribution is 2.62. The van der Waals surface area contributed by atoms with Crippen molar-refractivity contribution in [1.29, 1.82) is 0 Å². The molecule has 0 spiro atoms. The zero-order valence-electron chi connectivity index (χ0n) is 10.6. The van der Waals surface area contributed by atoms with Gasteiger partial charge < -0.3 is 10.3 Å². The van der Waals surface area contributed by atoms with E-state index >= 15 is 0 Å². The van der Waals surface area contributed by atoms with Crippen molar-refractivity contribution in [2.75, 3.05) is 7.05 Å². The van der Waals surface area contributed by atoms with E-state index < -0.39 is 0 Å². The third-order valence-electron chi connectivity index (χ3n) is 5.80. The topological polar surface area (TPSA) is 27.8 Å². The first-order valence-corrected chi connectivity index (χ1v) is 7.06. The van der Waals surface area contributed by atoms with Crippen molar-refractivity contribution in [2.45, 2.75) is 49.5 Å². The highest BCUT2D eigenvalue weighted by molar-refractivity contribution is 5.29. The minimum Gasteiger partial charge on any atom is -0.367 e. The summed E-state index contributed by atoms with van der Waals surface area (Å²) in [4.78, 5) is 3.26. The Hall–Kier alpha value is -0.760. The molecule has 0 aromatic carbocycles. The molecule has 92 valence electrons. The molecule has 2 heteroatoms. The van der Waals surface area contributed by atoms with Crippen LogP contribution in [0, 0.1) is 11.8 Å². The predicted octanol–water partition coefficient (Wildman–Crippen LogP) is 2.82. The molecule has 4 aliphatic carbocycles. The first-order valence-electron chi connectivity index (χ1n) is 7.06. The molecular formula is C15H22N2. The Morgan fingerprint density at radius 2 is 2.00 bits per heavy atom. The van der Waals surface area contributed by atoms with Gasteiger partial charge in [-0.3, -0.25) is 0 Å². The van der Waals surface area contributed by atoms with E-state index in [0.717, 1.165) is 11.8 Å². The molecule has 4 aliphatic rings.